The largest absolute Gasteiger partial charge is 0.354 e. The fourth-order valence-corrected chi connectivity index (χ4v) is 3.96. The van der Waals surface area contributed by atoms with Crippen molar-refractivity contribution in [2.24, 2.45) is 5.92 Å². The molecule has 3 rings (SSSR count). The maximum absolute atomic E-state index is 12.8. The molecule has 0 saturated carbocycles. The maximum Gasteiger partial charge on any atom is 0.317 e. The lowest BCUT2D eigenvalue weighted by atomic mass is 10.00. The molecule has 1 saturated heterocycles. The van der Waals surface area contributed by atoms with E-state index in [4.69, 9.17) is 0 Å². The number of nitrogens with zero attached hydrogens (tertiary/aromatic N) is 3. The molecule has 1 aromatic carbocycles. The predicted octanol–water partition coefficient (Wildman–Crippen LogP) is 3.20. The van der Waals surface area contributed by atoms with Crippen LogP contribution in [0, 0.1) is 5.92 Å². The Morgan fingerprint density at radius 1 is 1.12 bits per heavy atom. The van der Waals surface area contributed by atoms with Crippen LogP contribution in [0.4, 0.5) is 4.79 Å². The number of amides is 3. The van der Waals surface area contributed by atoms with E-state index in [9.17, 15) is 9.59 Å². The van der Waals surface area contributed by atoms with Crippen molar-refractivity contribution in [1.29, 1.82) is 0 Å². The fraction of sp³-hybridized carbons (Fsp3) is 0.480. The molecule has 2 heterocycles. The van der Waals surface area contributed by atoms with E-state index >= 15 is 0 Å². The van der Waals surface area contributed by atoms with Gasteiger partial charge in [0.25, 0.3) is 0 Å². The third-order valence-electron chi connectivity index (χ3n) is 5.66. The lowest BCUT2D eigenvalue weighted by molar-refractivity contribution is -0.122. The number of carbonyl (C=O) groups excluding carboxylic acids is 2. The van der Waals surface area contributed by atoms with Crippen LogP contribution < -0.4 is 10.6 Å². The van der Waals surface area contributed by atoms with Gasteiger partial charge in [0.15, 0.2) is 0 Å². The van der Waals surface area contributed by atoms with Gasteiger partial charge in [0.1, 0.15) is 0 Å². The summed E-state index contributed by atoms with van der Waals surface area (Å²) in [5.41, 5.74) is 2.28. The molecule has 7 nitrogen and oxygen atoms in total. The van der Waals surface area contributed by atoms with Crippen LogP contribution in [0.3, 0.4) is 0 Å². The van der Waals surface area contributed by atoms with E-state index in [0.29, 0.717) is 38.5 Å². The van der Waals surface area contributed by atoms with Crippen molar-refractivity contribution in [2.45, 2.75) is 39.3 Å². The summed E-state index contributed by atoms with van der Waals surface area (Å²) in [6, 6.07) is 14.1. The average molecular weight is 438 g/mol. The van der Waals surface area contributed by atoms with Gasteiger partial charge in [0, 0.05) is 64.1 Å². The highest BCUT2D eigenvalue weighted by Crippen LogP contribution is 2.27. The molecule has 0 radical (unpaired) electrons. The molecule has 0 aliphatic carbocycles. The van der Waals surface area contributed by atoms with Crippen molar-refractivity contribution >= 4 is 11.9 Å². The molecule has 0 bridgehead atoms. The minimum atomic E-state index is -0.0625. The molecule has 3 amide bonds. The van der Waals surface area contributed by atoms with Crippen molar-refractivity contribution in [2.75, 3.05) is 32.7 Å². The quantitative estimate of drug-likeness (QED) is 0.753. The first-order valence-corrected chi connectivity index (χ1v) is 11.5. The Bertz CT molecular complexity index is 844. The molecule has 1 unspecified atom stereocenters. The minimum Gasteiger partial charge on any atom is -0.354 e. The zero-order valence-electron chi connectivity index (χ0n) is 19.2. The molecule has 32 heavy (non-hydrogen) atoms. The van der Waals surface area contributed by atoms with E-state index in [1.807, 2.05) is 35.2 Å². The molecule has 1 fully saturated rings. The molecule has 1 aliphatic rings. The van der Waals surface area contributed by atoms with E-state index in [-0.39, 0.29) is 18.0 Å². The summed E-state index contributed by atoms with van der Waals surface area (Å²) in [7, 11) is 0. The fourth-order valence-electron chi connectivity index (χ4n) is 3.96. The van der Waals surface area contributed by atoms with Crippen molar-refractivity contribution < 1.29 is 9.59 Å². The number of hydrogen-bond donors (Lipinski definition) is 2. The van der Waals surface area contributed by atoms with Crippen molar-refractivity contribution in [3.8, 4) is 0 Å². The van der Waals surface area contributed by atoms with Crippen LogP contribution in [0.5, 0.6) is 0 Å². The van der Waals surface area contributed by atoms with Gasteiger partial charge >= 0.3 is 6.03 Å². The van der Waals surface area contributed by atoms with Crippen LogP contribution in [0.25, 0.3) is 0 Å². The second kappa shape index (κ2) is 12.2. The van der Waals surface area contributed by atoms with Crippen LogP contribution in [0.15, 0.2) is 54.9 Å². The van der Waals surface area contributed by atoms with Gasteiger partial charge in [-0.3, -0.25) is 14.7 Å². The Morgan fingerprint density at radius 2 is 1.88 bits per heavy atom. The molecule has 2 N–H and O–H groups in total. The van der Waals surface area contributed by atoms with Crippen molar-refractivity contribution in [3.63, 3.8) is 0 Å². The molecular weight excluding hydrogens is 402 g/mol. The van der Waals surface area contributed by atoms with E-state index in [2.05, 4.69) is 46.5 Å². The first-order valence-electron chi connectivity index (χ1n) is 11.5. The molecule has 1 atom stereocenters. The second-order valence-electron chi connectivity index (χ2n) is 8.73. The first kappa shape index (κ1) is 23.7. The monoisotopic (exact) mass is 437 g/mol. The summed E-state index contributed by atoms with van der Waals surface area (Å²) in [5.74, 6) is 0.396. The molecule has 1 aliphatic heterocycles. The molecule has 172 valence electrons. The Labute approximate surface area is 191 Å². The molecule has 7 heteroatoms. The number of nitrogens with one attached hydrogen (secondary N) is 2. The third kappa shape index (κ3) is 7.34. The van der Waals surface area contributed by atoms with Gasteiger partial charge in [-0.25, -0.2) is 4.79 Å². The number of urea groups is 1. The number of benzene rings is 1. The molecular formula is C25H35N5O2. The smallest absolute Gasteiger partial charge is 0.317 e. The van der Waals surface area contributed by atoms with Crippen LogP contribution in [-0.4, -0.2) is 59.4 Å². The average Bonchev–Trinajstić information content (AvgIpc) is 2.83. The molecule has 1 aromatic heterocycles. The maximum atomic E-state index is 12.8. The minimum absolute atomic E-state index is 0.00280. The van der Waals surface area contributed by atoms with Crippen molar-refractivity contribution in [1.82, 2.24) is 25.4 Å². The summed E-state index contributed by atoms with van der Waals surface area (Å²) in [4.78, 5) is 33.8. The number of aromatic nitrogens is 1. The van der Waals surface area contributed by atoms with E-state index in [1.165, 1.54) is 0 Å². The SMILES string of the molecule is CC(C)CNC(=O)N1CCCN(Cc2ccncc2)C(c2ccccc2)CC(=O)NCC1. The molecule has 2 aromatic rings. The van der Waals surface area contributed by atoms with E-state index in [1.54, 1.807) is 12.4 Å². The standard InChI is InChI=1S/C25H35N5O2/c1-20(2)18-28-25(32)29-14-6-15-30(19-21-9-11-26-12-10-21)23(17-24(31)27-13-16-29)22-7-4-3-5-8-22/h3-5,7-12,20,23H,6,13-19H2,1-2H3,(H,27,31)(H,28,32). The lowest BCUT2D eigenvalue weighted by Gasteiger charge is -2.32. The Hall–Kier alpha value is -2.93. The summed E-state index contributed by atoms with van der Waals surface area (Å²) >= 11 is 0. The highest BCUT2D eigenvalue weighted by Gasteiger charge is 2.25. The van der Waals surface area contributed by atoms with Gasteiger partial charge in [-0.2, -0.15) is 0 Å². The topological polar surface area (TPSA) is 77.6 Å². The highest BCUT2D eigenvalue weighted by atomic mass is 16.2. The Balaban J connectivity index is 1.79. The number of pyridine rings is 1. The number of hydrogen-bond acceptors (Lipinski definition) is 4. The van der Waals surface area contributed by atoms with Crippen LogP contribution in [0.1, 0.15) is 43.9 Å². The second-order valence-corrected chi connectivity index (χ2v) is 8.73. The Morgan fingerprint density at radius 3 is 2.59 bits per heavy atom. The van der Waals surface area contributed by atoms with Gasteiger partial charge in [-0.15, -0.1) is 0 Å². The lowest BCUT2D eigenvalue weighted by Crippen LogP contribution is -2.45. The van der Waals surface area contributed by atoms with Gasteiger partial charge < -0.3 is 15.5 Å². The third-order valence-corrected chi connectivity index (χ3v) is 5.66. The first-order chi connectivity index (χ1) is 15.5. The summed E-state index contributed by atoms with van der Waals surface area (Å²) in [6.45, 7) is 7.91. The Kier molecular flexibility index (Phi) is 9.04. The zero-order chi connectivity index (χ0) is 22.8. The zero-order valence-corrected chi connectivity index (χ0v) is 19.2. The van der Waals surface area contributed by atoms with Gasteiger partial charge in [0.2, 0.25) is 5.91 Å². The van der Waals surface area contributed by atoms with Crippen LogP contribution in [0.2, 0.25) is 0 Å². The van der Waals surface area contributed by atoms with E-state index in [0.717, 1.165) is 30.6 Å². The number of carbonyl (C=O) groups is 2. The van der Waals surface area contributed by atoms with Crippen LogP contribution >= 0.6 is 0 Å². The van der Waals surface area contributed by atoms with E-state index < -0.39 is 0 Å². The summed E-state index contributed by atoms with van der Waals surface area (Å²) in [6.07, 6.45) is 4.81. The predicted molar refractivity (Wildman–Crippen MR) is 126 cm³/mol. The molecule has 0 spiro atoms. The van der Waals surface area contributed by atoms with Gasteiger partial charge in [-0.05, 0) is 35.6 Å². The highest BCUT2D eigenvalue weighted by molar-refractivity contribution is 5.77. The summed E-state index contributed by atoms with van der Waals surface area (Å²) in [5, 5.41) is 6.02. The van der Waals surface area contributed by atoms with Gasteiger partial charge in [-0.1, -0.05) is 44.2 Å². The summed E-state index contributed by atoms with van der Waals surface area (Å²) < 4.78 is 0. The van der Waals surface area contributed by atoms with Gasteiger partial charge in [0.05, 0.1) is 0 Å². The van der Waals surface area contributed by atoms with Crippen molar-refractivity contribution in [3.05, 3.63) is 66.0 Å². The van der Waals surface area contributed by atoms with Crippen LogP contribution in [-0.2, 0) is 11.3 Å². The normalized spacial score (nSPS) is 18.7. The number of rotatable bonds is 5.